The average molecular weight is 666 g/mol. The minimum Gasteiger partial charge on any atom is -0.310 e. The zero-order valence-electron chi connectivity index (χ0n) is 29.5. The highest BCUT2D eigenvalue weighted by Gasteiger charge is 2.38. The Hall–Kier alpha value is -6.44. The molecule has 0 heterocycles. The molecule has 0 fully saturated rings. The predicted molar refractivity (Wildman–Crippen MR) is 220 cm³/mol. The fraction of sp³-hybridized carbons (Fsp3) is 0.0588. The maximum absolute atomic E-state index is 2.47. The lowest BCUT2D eigenvalue weighted by atomic mass is 9.81. The summed E-state index contributed by atoms with van der Waals surface area (Å²) in [5, 5.41) is 0. The Morgan fingerprint density at radius 1 is 0.327 bits per heavy atom. The van der Waals surface area contributed by atoms with E-state index in [1.165, 1.54) is 66.8 Å². The highest BCUT2D eigenvalue weighted by atomic mass is 15.1. The molecule has 0 amide bonds. The fourth-order valence-electron chi connectivity index (χ4n) is 8.01. The Bertz CT molecular complexity index is 2400. The number of hydrogen-bond acceptors (Lipinski definition) is 1. The van der Waals surface area contributed by atoms with Gasteiger partial charge in [-0.2, -0.15) is 0 Å². The largest absolute Gasteiger partial charge is 0.310 e. The van der Waals surface area contributed by atoms with Crippen LogP contribution < -0.4 is 4.90 Å². The van der Waals surface area contributed by atoms with Crippen LogP contribution in [0, 0.1) is 0 Å². The molecule has 0 radical (unpaired) electrons. The first-order valence-corrected chi connectivity index (χ1v) is 18.1. The molecule has 1 aliphatic carbocycles. The molecule has 0 spiro atoms. The van der Waals surface area contributed by atoms with Crippen molar-refractivity contribution < 1.29 is 0 Å². The number of benzene rings is 8. The van der Waals surface area contributed by atoms with Gasteiger partial charge >= 0.3 is 0 Å². The zero-order valence-corrected chi connectivity index (χ0v) is 29.5. The lowest BCUT2D eigenvalue weighted by Crippen LogP contribution is -2.17. The van der Waals surface area contributed by atoms with Crippen molar-refractivity contribution in [1.29, 1.82) is 0 Å². The predicted octanol–water partition coefficient (Wildman–Crippen LogP) is 14.1. The Labute approximate surface area is 307 Å². The highest BCUT2D eigenvalue weighted by Crippen LogP contribution is 2.56. The Balaban J connectivity index is 1.28. The molecule has 0 aliphatic heterocycles. The molecule has 0 bridgehead atoms. The van der Waals surface area contributed by atoms with Gasteiger partial charge in [-0.3, -0.25) is 0 Å². The second kappa shape index (κ2) is 13.0. The molecule has 0 unspecified atom stereocenters. The third kappa shape index (κ3) is 5.52. The van der Waals surface area contributed by atoms with E-state index in [0.29, 0.717) is 0 Å². The van der Waals surface area contributed by atoms with E-state index >= 15 is 0 Å². The molecule has 1 heteroatoms. The monoisotopic (exact) mass is 665 g/mol. The first-order valence-electron chi connectivity index (χ1n) is 18.1. The van der Waals surface area contributed by atoms with Crippen molar-refractivity contribution in [3.05, 3.63) is 211 Å². The van der Waals surface area contributed by atoms with Gasteiger partial charge in [-0.05, 0) is 97.6 Å². The summed E-state index contributed by atoms with van der Waals surface area (Å²) in [6.07, 6.45) is 0. The van der Waals surface area contributed by atoms with Crippen LogP contribution in [0.1, 0.15) is 25.0 Å². The van der Waals surface area contributed by atoms with Gasteiger partial charge in [0.2, 0.25) is 0 Å². The molecule has 0 aromatic heterocycles. The Morgan fingerprint density at radius 2 is 0.750 bits per heavy atom. The van der Waals surface area contributed by atoms with Gasteiger partial charge in [0.25, 0.3) is 0 Å². The van der Waals surface area contributed by atoms with Crippen molar-refractivity contribution in [2.45, 2.75) is 19.3 Å². The third-order valence-electron chi connectivity index (χ3n) is 10.7. The third-order valence-corrected chi connectivity index (χ3v) is 10.7. The molecule has 0 atom stereocenters. The van der Waals surface area contributed by atoms with Crippen LogP contribution in [0.15, 0.2) is 200 Å². The van der Waals surface area contributed by atoms with E-state index in [9.17, 15) is 0 Å². The zero-order chi connectivity index (χ0) is 35.1. The Kier molecular flexibility index (Phi) is 7.90. The van der Waals surface area contributed by atoms with E-state index in [4.69, 9.17) is 0 Å². The molecule has 9 rings (SSSR count). The molecular formula is C51H39N. The quantitative estimate of drug-likeness (QED) is 0.164. The molecule has 8 aromatic carbocycles. The van der Waals surface area contributed by atoms with Gasteiger partial charge in [0.1, 0.15) is 0 Å². The van der Waals surface area contributed by atoms with Crippen LogP contribution in [0.4, 0.5) is 17.1 Å². The second-order valence-electron chi connectivity index (χ2n) is 14.2. The van der Waals surface area contributed by atoms with Gasteiger partial charge in [-0.25, -0.2) is 0 Å². The van der Waals surface area contributed by atoms with Gasteiger partial charge in [0.15, 0.2) is 0 Å². The van der Waals surface area contributed by atoms with Crippen LogP contribution in [-0.2, 0) is 5.41 Å². The summed E-state index contributed by atoms with van der Waals surface area (Å²) in [6.45, 7) is 4.76. The van der Waals surface area contributed by atoms with E-state index in [-0.39, 0.29) is 5.41 Å². The molecule has 0 N–H and O–H groups in total. The maximum Gasteiger partial charge on any atom is 0.0543 e. The smallest absolute Gasteiger partial charge is 0.0543 e. The number of anilines is 3. The molecular weight excluding hydrogens is 627 g/mol. The Morgan fingerprint density at radius 3 is 1.23 bits per heavy atom. The normalized spacial score (nSPS) is 12.6. The summed E-state index contributed by atoms with van der Waals surface area (Å²) in [5.41, 5.74) is 18.3. The van der Waals surface area contributed by atoms with Crippen LogP contribution >= 0.6 is 0 Å². The minimum atomic E-state index is -0.195. The summed E-state index contributed by atoms with van der Waals surface area (Å²) in [7, 11) is 0. The summed E-state index contributed by atoms with van der Waals surface area (Å²) < 4.78 is 0. The van der Waals surface area contributed by atoms with Crippen molar-refractivity contribution in [2.75, 3.05) is 4.90 Å². The van der Waals surface area contributed by atoms with Crippen molar-refractivity contribution in [1.82, 2.24) is 0 Å². The van der Waals surface area contributed by atoms with Crippen molar-refractivity contribution in [2.24, 2.45) is 0 Å². The molecule has 0 saturated carbocycles. The number of fused-ring (bicyclic) bond motifs is 3. The topological polar surface area (TPSA) is 3.24 Å². The molecule has 0 saturated heterocycles. The summed E-state index contributed by atoms with van der Waals surface area (Å²) in [4.78, 5) is 2.45. The second-order valence-corrected chi connectivity index (χ2v) is 14.2. The highest BCUT2D eigenvalue weighted by molar-refractivity contribution is 5.99. The molecule has 52 heavy (non-hydrogen) atoms. The van der Waals surface area contributed by atoms with Crippen LogP contribution in [-0.4, -0.2) is 0 Å². The lowest BCUT2D eigenvalue weighted by molar-refractivity contribution is 0.660. The average Bonchev–Trinajstić information content (AvgIpc) is 3.44. The van der Waals surface area contributed by atoms with E-state index < -0.39 is 0 Å². The first kappa shape index (κ1) is 31.5. The van der Waals surface area contributed by atoms with Gasteiger partial charge in [-0.1, -0.05) is 178 Å². The van der Waals surface area contributed by atoms with Crippen LogP contribution in [0.3, 0.4) is 0 Å². The number of rotatable bonds is 7. The van der Waals surface area contributed by atoms with E-state index in [1.807, 2.05) is 0 Å². The van der Waals surface area contributed by atoms with Crippen LogP contribution in [0.2, 0.25) is 0 Å². The van der Waals surface area contributed by atoms with Crippen molar-refractivity contribution in [3.63, 3.8) is 0 Å². The van der Waals surface area contributed by atoms with E-state index in [2.05, 4.69) is 219 Å². The van der Waals surface area contributed by atoms with Gasteiger partial charge in [0, 0.05) is 22.4 Å². The maximum atomic E-state index is 2.47. The first-order chi connectivity index (χ1) is 25.6. The molecule has 1 aliphatic rings. The SMILES string of the molecule is CC1(C)c2cc(N(c3ccc(-c4ccccc4)cc3)c3ccc(-c4ccccc4)cc3)c(-c3ccccc3)cc2-c2c(-c3ccccc3)cccc21. The van der Waals surface area contributed by atoms with Crippen molar-refractivity contribution >= 4 is 17.1 Å². The molecule has 248 valence electrons. The fourth-order valence-corrected chi connectivity index (χ4v) is 8.01. The van der Waals surface area contributed by atoms with Crippen LogP contribution in [0.25, 0.3) is 55.6 Å². The van der Waals surface area contributed by atoms with Gasteiger partial charge in [-0.15, -0.1) is 0 Å². The van der Waals surface area contributed by atoms with Crippen molar-refractivity contribution in [3.8, 4) is 55.6 Å². The minimum absolute atomic E-state index is 0.195. The summed E-state index contributed by atoms with van der Waals surface area (Å²) in [6, 6.07) is 72.8. The lowest BCUT2D eigenvalue weighted by Gasteiger charge is -2.30. The van der Waals surface area contributed by atoms with Crippen LogP contribution in [0.5, 0.6) is 0 Å². The summed E-state index contributed by atoms with van der Waals surface area (Å²) in [5.74, 6) is 0. The number of hydrogen-bond donors (Lipinski definition) is 0. The van der Waals surface area contributed by atoms with E-state index in [1.54, 1.807) is 0 Å². The van der Waals surface area contributed by atoms with Gasteiger partial charge < -0.3 is 4.90 Å². The summed E-state index contributed by atoms with van der Waals surface area (Å²) >= 11 is 0. The number of nitrogens with zero attached hydrogens (tertiary/aromatic N) is 1. The van der Waals surface area contributed by atoms with Gasteiger partial charge in [0.05, 0.1) is 5.69 Å². The molecule has 1 nitrogen and oxygen atoms in total. The van der Waals surface area contributed by atoms with E-state index in [0.717, 1.165) is 17.1 Å². The molecule has 8 aromatic rings. The standard InChI is InChI=1S/C51H39N/c1-51(2)47-25-15-24-44(40-20-11-5-12-21-40)50(47)46-34-45(41-22-13-6-14-23-41)49(35-48(46)51)52(42-30-26-38(27-31-42)36-16-7-3-8-17-36)43-32-28-39(29-33-43)37-18-9-4-10-19-37/h3-35H,1-2H3.